The third kappa shape index (κ3) is 4.75. The Kier molecular flexibility index (Phi) is 4.94. The van der Waals surface area contributed by atoms with Gasteiger partial charge in [-0.25, -0.2) is 0 Å². The van der Waals surface area contributed by atoms with Gasteiger partial charge < -0.3 is 10.2 Å². The molecule has 0 aromatic rings. The summed E-state index contributed by atoms with van der Waals surface area (Å²) >= 11 is 0. The third-order valence-corrected chi connectivity index (χ3v) is 4.97. The highest BCUT2D eigenvalue weighted by Gasteiger charge is 2.36. The lowest BCUT2D eigenvalue weighted by molar-refractivity contribution is 0.106. The van der Waals surface area contributed by atoms with Crippen molar-refractivity contribution in [2.75, 3.05) is 26.2 Å². The van der Waals surface area contributed by atoms with Crippen LogP contribution in [0.25, 0.3) is 0 Å². The van der Waals surface area contributed by atoms with E-state index in [0.717, 1.165) is 5.92 Å². The predicted molar refractivity (Wildman–Crippen MR) is 83.5 cm³/mol. The molecule has 1 saturated heterocycles. The van der Waals surface area contributed by atoms with Crippen LogP contribution in [0.4, 0.5) is 0 Å². The summed E-state index contributed by atoms with van der Waals surface area (Å²) in [5, 5.41) is 3.79. The lowest BCUT2D eigenvalue weighted by Gasteiger charge is -2.42. The molecule has 1 N–H and O–H groups in total. The van der Waals surface area contributed by atoms with Gasteiger partial charge in [-0.15, -0.1) is 0 Å². The minimum absolute atomic E-state index is 0.253. The lowest BCUT2D eigenvalue weighted by atomic mass is 9.73. The summed E-state index contributed by atoms with van der Waals surface area (Å²) in [7, 11) is 0. The van der Waals surface area contributed by atoms with Crippen LogP contribution in [0.15, 0.2) is 0 Å². The molecular weight excluding hydrogens is 232 g/mol. The van der Waals surface area contributed by atoms with Gasteiger partial charge in [0.1, 0.15) is 0 Å². The largest absolute Gasteiger partial charge is 0.311 e. The second kappa shape index (κ2) is 6.13. The van der Waals surface area contributed by atoms with E-state index in [4.69, 9.17) is 0 Å². The van der Waals surface area contributed by atoms with Crippen molar-refractivity contribution in [2.45, 2.75) is 71.8 Å². The van der Waals surface area contributed by atoms with Crippen molar-refractivity contribution in [3.63, 3.8) is 0 Å². The maximum absolute atomic E-state index is 3.79. The Bertz CT molecular complexity index is 273. The SMILES string of the molecule is CC1CCN(CC2(CNC(C)(C)C)CCCCC2)C1. The molecule has 2 fully saturated rings. The first kappa shape index (κ1) is 15.3. The molecule has 1 aliphatic carbocycles. The van der Waals surface area contributed by atoms with E-state index in [1.807, 2.05) is 0 Å². The quantitative estimate of drug-likeness (QED) is 0.835. The van der Waals surface area contributed by atoms with E-state index in [1.54, 1.807) is 0 Å². The zero-order valence-electron chi connectivity index (χ0n) is 13.6. The third-order valence-electron chi connectivity index (χ3n) is 4.97. The molecule has 112 valence electrons. The maximum atomic E-state index is 3.79. The molecule has 0 aromatic heterocycles. The number of hydrogen-bond acceptors (Lipinski definition) is 2. The minimum atomic E-state index is 0.253. The number of nitrogens with zero attached hydrogens (tertiary/aromatic N) is 1. The van der Waals surface area contributed by atoms with Crippen LogP contribution in [-0.4, -0.2) is 36.6 Å². The van der Waals surface area contributed by atoms with Crippen molar-refractivity contribution < 1.29 is 0 Å². The molecule has 19 heavy (non-hydrogen) atoms. The number of rotatable bonds is 4. The first-order chi connectivity index (χ1) is 8.89. The van der Waals surface area contributed by atoms with Gasteiger partial charge in [-0.3, -0.25) is 0 Å². The topological polar surface area (TPSA) is 15.3 Å². The summed E-state index contributed by atoms with van der Waals surface area (Å²) in [5.74, 6) is 0.913. The second-order valence-electron chi connectivity index (χ2n) is 8.29. The molecule has 0 amide bonds. The number of nitrogens with one attached hydrogen (secondary N) is 1. The summed E-state index contributed by atoms with van der Waals surface area (Å²) in [6.45, 7) is 14.5. The monoisotopic (exact) mass is 266 g/mol. The Morgan fingerprint density at radius 1 is 1.16 bits per heavy atom. The average Bonchev–Trinajstić information content (AvgIpc) is 2.73. The van der Waals surface area contributed by atoms with Crippen molar-refractivity contribution in [3.8, 4) is 0 Å². The molecule has 2 heteroatoms. The Labute approximate surface area is 120 Å². The highest BCUT2D eigenvalue weighted by atomic mass is 15.2. The summed E-state index contributed by atoms with van der Waals surface area (Å²) in [4.78, 5) is 2.74. The van der Waals surface area contributed by atoms with Crippen molar-refractivity contribution >= 4 is 0 Å². The molecule has 2 rings (SSSR count). The fraction of sp³-hybridized carbons (Fsp3) is 1.00. The average molecular weight is 266 g/mol. The zero-order chi connectivity index (χ0) is 13.9. The summed E-state index contributed by atoms with van der Waals surface area (Å²) in [6, 6.07) is 0. The number of likely N-dealkylation sites (tertiary alicyclic amines) is 1. The standard InChI is InChI=1S/C17H34N2/c1-15-8-11-19(12-15)14-17(9-6-5-7-10-17)13-18-16(2,3)4/h15,18H,5-14H2,1-4H3. The molecule has 0 aromatic carbocycles. The molecule has 2 aliphatic rings. The minimum Gasteiger partial charge on any atom is -0.311 e. The van der Waals surface area contributed by atoms with E-state index in [9.17, 15) is 0 Å². The van der Waals surface area contributed by atoms with Crippen LogP contribution in [-0.2, 0) is 0 Å². The Hall–Kier alpha value is -0.0800. The van der Waals surface area contributed by atoms with E-state index in [-0.39, 0.29) is 5.54 Å². The van der Waals surface area contributed by atoms with Gasteiger partial charge in [0.15, 0.2) is 0 Å². The zero-order valence-corrected chi connectivity index (χ0v) is 13.6. The lowest BCUT2D eigenvalue weighted by Crippen LogP contribution is -2.49. The summed E-state index contributed by atoms with van der Waals surface area (Å²) in [5.41, 5.74) is 0.804. The first-order valence-electron chi connectivity index (χ1n) is 8.36. The van der Waals surface area contributed by atoms with Gasteiger partial charge in [0.2, 0.25) is 0 Å². The van der Waals surface area contributed by atoms with Crippen molar-refractivity contribution in [2.24, 2.45) is 11.3 Å². The van der Waals surface area contributed by atoms with Crippen LogP contribution in [0.2, 0.25) is 0 Å². The molecule has 1 atom stereocenters. The first-order valence-corrected chi connectivity index (χ1v) is 8.36. The highest BCUT2D eigenvalue weighted by Crippen LogP contribution is 2.38. The van der Waals surface area contributed by atoms with Gasteiger partial charge in [-0.1, -0.05) is 26.2 Å². The van der Waals surface area contributed by atoms with E-state index in [2.05, 4.69) is 37.9 Å². The summed E-state index contributed by atoms with van der Waals surface area (Å²) < 4.78 is 0. The molecular formula is C17H34N2. The van der Waals surface area contributed by atoms with E-state index >= 15 is 0 Å². The molecule has 2 nitrogen and oxygen atoms in total. The smallest absolute Gasteiger partial charge is 0.00967 e. The van der Waals surface area contributed by atoms with Gasteiger partial charge in [-0.2, -0.15) is 0 Å². The van der Waals surface area contributed by atoms with Crippen molar-refractivity contribution in [1.82, 2.24) is 10.2 Å². The van der Waals surface area contributed by atoms with Gasteiger partial charge >= 0.3 is 0 Å². The van der Waals surface area contributed by atoms with E-state index < -0.39 is 0 Å². The Morgan fingerprint density at radius 2 is 1.84 bits per heavy atom. The van der Waals surface area contributed by atoms with Crippen LogP contribution in [0, 0.1) is 11.3 Å². The molecule has 0 spiro atoms. The van der Waals surface area contributed by atoms with Gasteiger partial charge in [0.25, 0.3) is 0 Å². The van der Waals surface area contributed by atoms with Gasteiger partial charge in [0, 0.05) is 25.2 Å². The van der Waals surface area contributed by atoms with Crippen molar-refractivity contribution in [3.05, 3.63) is 0 Å². The van der Waals surface area contributed by atoms with Gasteiger partial charge in [-0.05, 0) is 57.9 Å². The van der Waals surface area contributed by atoms with Crippen LogP contribution in [0.1, 0.15) is 66.2 Å². The van der Waals surface area contributed by atoms with Crippen LogP contribution in [0.3, 0.4) is 0 Å². The van der Waals surface area contributed by atoms with Crippen LogP contribution in [0.5, 0.6) is 0 Å². The van der Waals surface area contributed by atoms with E-state index in [1.165, 1.54) is 64.7 Å². The normalized spacial score (nSPS) is 28.7. The number of hydrogen-bond donors (Lipinski definition) is 1. The van der Waals surface area contributed by atoms with Gasteiger partial charge in [0.05, 0.1) is 0 Å². The molecule has 0 radical (unpaired) electrons. The summed E-state index contributed by atoms with van der Waals surface area (Å²) in [6.07, 6.45) is 8.60. The van der Waals surface area contributed by atoms with Crippen molar-refractivity contribution in [1.29, 1.82) is 0 Å². The predicted octanol–water partition coefficient (Wildman–Crippen LogP) is 3.67. The fourth-order valence-electron chi connectivity index (χ4n) is 3.79. The molecule has 1 saturated carbocycles. The fourth-order valence-corrected chi connectivity index (χ4v) is 3.79. The Balaban J connectivity index is 1.93. The molecule has 1 unspecified atom stereocenters. The Morgan fingerprint density at radius 3 is 2.37 bits per heavy atom. The molecule has 1 aliphatic heterocycles. The second-order valence-corrected chi connectivity index (χ2v) is 8.29. The van der Waals surface area contributed by atoms with Crippen LogP contribution < -0.4 is 5.32 Å². The van der Waals surface area contributed by atoms with Crippen LogP contribution >= 0.6 is 0 Å². The maximum Gasteiger partial charge on any atom is 0.00967 e. The molecule has 0 bridgehead atoms. The van der Waals surface area contributed by atoms with E-state index in [0.29, 0.717) is 5.41 Å². The molecule has 1 heterocycles. The highest BCUT2D eigenvalue weighted by molar-refractivity contribution is 4.91.